The minimum absolute atomic E-state index is 0.0118. The Morgan fingerprint density at radius 1 is 1.20 bits per heavy atom. The molecule has 2 aliphatic rings. The van der Waals surface area contributed by atoms with Crippen molar-refractivity contribution in [2.24, 2.45) is 10.9 Å². The Hall–Kier alpha value is -2.50. The van der Waals surface area contributed by atoms with Crippen LogP contribution in [0.4, 0.5) is 22.0 Å². The third-order valence-electron chi connectivity index (χ3n) is 6.10. The number of aliphatic imine (C=N–C) groups is 1. The zero-order valence-corrected chi connectivity index (χ0v) is 19.6. The van der Waals surface area contributed by atoms with Crippen LogP contribution in [-0.2, 0) is 16.8 Å². The first-order valence-corrected chi connectivity index (χ1v) is 12.0. The average molecular weight is 514 g/mol. The van der Waals surface area contributed by atoms with Gasteiger partial charge in [0, 0.05) is 41.0 Å². The van der Waals surface area contributed by atoms with Crippen LogP contribution in [0.25, 0.3) is 0 Å². The van der Waals surface area contributed by atoms with E-state index in [-0.39, 0.29) is 40.8 Å². The maximum atomic E-state index is 15.2. The number of alkyl halides is 3. The molecule has 0 radical (unpaired) electrons. The number of nitrogens with zero attached hydrogens (tertiary/aromatic N) is 1. The molecule has 11 heteroatoms. The summed E-state index contributed by atoms with van der Waals surface area (Å²) in [5.74, 6) is -1.89. The van der Waals surface area contributed by atoms with E-state index in [1.54, 1.807) is 30.3 Å². The van der Waals surface area contributed by atoms with Crippen molar-refractivity contribution in [1.29, 1.82) is 0 Å². The highest BCUT2D eigenvalue weighted by Crippen LogP contribution is 2.47. The molecule has 4 rings (SSSR count). The van der Waals surface area contributed by atoms with Gasteiger partial charge in [0.25, 0.3) is 5.91 Å². The Kier molecular flexibility index (Phi) is 7.48. The summed E-state index contributed by atoms with van der Waals surface area (Å²) in [6.45, 7) is 0.130. The van der Waals surface area contributed by atoms with E-state index in [4.69, 9.17) is 9.73 Å². The topological polar surface area (TPSA) is 62.7 Å². The maximum absolute atomic E-state index is 15.2. The number of rotatable bonds is 5. The number of halogens is 5. The average Bonchev–Trinajstić information content (AvgIpc) is 2.80. The van der Waals surface area contributed by atoms with Gasteiger partial charge in [0.1, 0.15) is 17.2 Å². The summed E-state index contributed by atoms with van der Waals surface area (Å²) < 4.78 is 73.1. The van der Waals surface area contributed by atoms with Crippen LogP contribution in [0.5, 0.6) is 0 Å². The molecule has 1 amide bonds. The summed E-state index contributed by atoms with van der Waals surface area (Å²) in [4.78, 5) is 17.4. The summed E-state index contributed by atoms with van der Waals surface area (Å²) in [5, 5.41) is 5.17. The van der Waals surface area contributed by atoms with Gasteiger partial charge in [0.15, 0.2) is 5.17 Å². The number of amides is 1. The molecule has 2 heterocycles. The predicted molar refractivity (Wildman–Crippen MR) is 123 cm³/mol. The van der Waals surface area contributed by atoms with Gasteiger partial charge in [-0.2, -0.15) is 13.2 Å². The smallest absolute Gasteiger partial charge is 0.376 e. The standard InChI is InChI=1S/C24H24F5N3O2S/c1-14-7-17-11-35-22(31-21(33)15-5-3-2-4-6-15)32-23(17,13-34-14)18-8-16(19(25)9-20(18)26)10-30-12-24(27,28)29/h2-6,8-9,14,17,30H,7,10-13H2,1H3,(H,31,32,33). The number of thioether (sulfide) groups is 1. The van der Waals surface area contributed by atoms with Crippen LogP contribution in [0.3, 0.4) is 0 Å². The quantitative estimate of drug-likeness (QED) is 0.566. The van der Waals surface area contributed by atoms with Crippen molar-refractivity contribution in [2.75, 3.05) is 18.9 Å². The highest BCUT2D eigenvalue weighted by molar-refractivity contribution is 8.13. The lowest BCUT2D eigenvalue weighted by Crippen LogP contribution is -2.51. The molecule has 1 fully saturated rings. The summed E-state index contributed by atoms with van der Waals surface area (Å²) in [6, 6.07) is 10.4. The Morgan fingerprint density at radius 3 is 2.66 bits per heavy atom. The Labute approximate surface area is 203 Å². The van der Waals surface area contributed by atoms with Gasteiger partial charge in [-0.1, -0.05) is 30.0 Å². The molecule has 0 aliphatic carbocycles. The fourth-order valence-electron chi connectivity index (χ4n) is 4.35. The zero-order valence-electron chi connectivity index (χ0n) is 18.8. The summed E-state index contributed by atoms with van der Waals surface area (Å²) in [7, 11) is 0. The lowest BCUT2D eigenvalue weighted by atomic mass is 9.74. The van der Waals surface area contributed by atoms with Crippen LogP contribution in [0.2, 0.25) is 0 Å². The third-order valence-corrected chi connectivity index (χ3v) is 7.14. The minimum Gasteiger partial charge on any atom is -0.376 e. The second-order valence-electron chi connectivity index (χ2n) is 8.67. The van der Waals surface area contributed by atoms with Crippen molar-refractivity contribution in [1.82, 2.24) is 10.6 Å². The molecule has 188 valence electrons. The number of fused-ring (bicyclic) bond motifs is 1. The molecule has 2 aromatic rings. The highest BCUT2D eigenvalue weighted by atomic mass is 32.2. The fraction of sp³-hybridized carbons (Fsp3) is 0.417. The van der Waals surface area contributed by atoms with Gasteiger partial charge in [-0.25, -0.2) is 13.8 Å². The van der Waals surface area contributed by atoms with Gasteiger partial charge in [-0.15, -0.1) is 0 Å². The van der Waals surface area contributed by atoms with E-state index in [9.17, 15) is 22.4 Å². The molecule has 3 unspecified atom stereocenters. The molecular formula is C24H24F5N3O2S. The van der Waals surface area contributed by atoms with Crippen LogP contribution in [0.15, 0.2) is 47.5 Å². The molecular weight excluding hydrogens is 489 g/mol. The Balaban J connectivity index is 1.68. The Bertz CT molecular complexity index is 1110. The molecule has 1 saturated heterocycles. The zero-order chi connectivity index (χ0) is 25.2. The van der Waals surface area contributed by atoms with Gasteiger partial charge < -0.3 is 15.4 Å². The molecule has 35 heavy (non-hydrogen) atoms. The largest absolute Gasteiger partial charge is 0.401 e. The van der Waals surface area contributed by atoms with Crippen molar-refractivity contribution in [3.05, 3.63) is 70.8 Å². The molecule has 0 bridgehead atoms. The van der Waals surface area contributed by atoms with Gasteiger partial charge in [-0.3, -0.25) is 4.79 Å². The van der Waals surface area contributed by atoms with Crippen LogP contribution in [-0.4, -0.2) is 42.3 Å². The van der Waals surface area contributed by atoms with E-state index >= 15 is 4.39 Å². The minimum atomic E-state index is -4.47. The fourth-order valence-corrected chi connectivity index (χ4v) is 5.52. The number of hydrogen-bond acceptors (Lipinski definition) is 5. The van der Waals surface area contributed by atoms with Gasteiger partial charge in [0.2, 0.25) is 0 Å². The lowest BCUT2D eigenvalue weighted by molar-refractivity contribution is -0.125. The maximum Gasteiger partial charge on any atom is 0.401 e. The van der Waals surface area contributed by atoms with Gasteiger partial charge in [-0.05, 0) is 31.5 Å². The number of carbonyl (C=O) groups excluding carboxylic acids is 1. The summed E-state index contributed by atoms with van der Waals surface area (Å²) in [6.07, 6.45) is -4.02. The van der Waals surface area contributed by atoms with E-state index < -0.39 is 36.4 Å². The van der Waals surface area contributed by atoms with Crippen molar-refractivity contribution >= 4 is 22.8 Å². The van der Waals surface area contributed by atoms with Gasteiger partial charge >= 0.3 is 6.18 Å². The van der Waals surface area contributed by atoms with Crippen molar-refractivity contribution in [3.8, 4) is 0 Å². The summed E-state index contributed by atoms with van der Waals surface area (Å²) in [5.41, 5.74) is -0.910. The van der Waals surface area contributed by atoms with E-state index in [0.717, 1.165) is 0 Å². The van der Waals surface area contributed by atoms with Crippen LogP contribution in [0, 0.1) is 17.6 Å². The number of nitrogens with one attached hydrogen (secondary N) is 2. The number of amidine groups is 1. The van der Waals surface area contributed by atoms with Crippen LogP contribution < -0.4 is 10.6 Å². The SMILES string of the molecule is CC1CC2CSC(NC(=O)c3ccccc3)=NC2(c2cc(CNCC(F)(F)F)c(F)cc2F)CO1. The van der Waals surface area contributed by atoms with E-state index in [2.05, 4.69) is 10.6 Å². The van der Waals surface area contributed by atoms with Crippen molar-refractivity contribution in [2.45, 2.75) is 37.7 Å². The Morgan fingerprint density at radius 2 is 1.94 bits per heavy atom. The third kappa shape index (κ3) is 5.84. The van der Waals surface area contributed by atoms with Crippen molar-refractivity contribution in [3.63, 3.8) is 0 Å². The number of ether oxygens (including phenoxy) is 1. The molecule has 2 N–H and O–H groups in total. The number of hydrogen-bond donors (Lipinski definition) is 2. The summed E-state index contributed by atoms with van der Waals surface area (Å²) >= 11 is 1.33. The molecule has 0 spiro atoms. The van der Waals surface area contributed by atoms with Gasteiger partial charge in [0.05, 0.1) is 19.3 Å². The molecule has 0 saturated carbocycles. The van der Waals surface area contributed by atoms with Crippen LogP contribution >= 0.6 is 11.8 Å². The number of carbonyl (C=O) groups is 1. The lowest BCUT2D eigenvalue weighted by Gasteiger charge is -2.46. The monoisotopic (exact) mass is 513 g/mol. The molecule has 3 atom stereocenters. The normalized spacial score (nSPS) is 24.5. The second-order valence-corrected chi connectivity index (χ2v) is 9.68. The highest BCUT2D eigenvalue weighted by Gasteiger charge is 2.49. The first-order chi connectivity index (χ1) is 16.6. The molecule has 5 nitrogen and oxygen atoms in total. The molecule has 0 aromatic heterocycles. The molecule has 2 aliphatic heterocycles. The number of benzene rings is 2. The first-order valence-electron chi connectivity index (χ1n) is 11.0. The van der Waals surface area contributed by atoms with Crippen LogP contribution in [0.1, 0.15) is 34.8 Å². The van der Waals surface area contributed by atoms with Crippen molar-refractivity contribution < 1.29 is 31.5 Å². The molecule has 2 aromatic carbocycles. The van der Waals surface area contributed by atoms with E-state index in [1.807, 2.05) is 6.92 Å². The van der Waals surface area contributed by atoms with E-state index in [1.165, 1.54) is 17.8 Å². The predicted octanol–water partition coefficient (Wildman–Crippen LogP) is 4.77. The second kappa shape index (κ2) is 10.2. The first kappa shape index (κ1) is 25.6. The van der Waals surface area contributed by atoms with E-state index in [0.29, 0.717) is 23.8 Å².